The molecule has 0 saturated carbocycles. The lowest BCUT2D eigenvalue weighted by atomic mass is 10.1. The predicted molar refractivity (Wildman–Crippen MR) is 59.6 cm³/mol. The number of nitrogens with one attached hydrogen (secondary N) is 1. The molecule has 0 fully saturated rings. The zero-order chi connectivity index (χ0) is 10.8. The summed E-state index contributed by atoms with van der Waals surface area (Å²) in [6.45, 7) is 2.09. The summed E-state index contributed by atoms with van der Waals surface area (Å²) < 4.78 is 5.14. The molecule has 80 valence electrons. The molecule has 3 heteroatoms. The first-order valence-corrected chi connectivity index (χ1v) is 5.18. The summed E-state index contributed by atoms with van der Waals surface area (Å²) in [6.07, 6.45) is 1.50. The van der Waals surface area contributed by atoms with Crippen molar-refractivity contribution < 1.29 is 9.53 Å². The van der Waals surface area contributed by atoms with Gasteiger partial charge in [0.25, 0.3) is 0 Å². The fourth-order valence-electron chi connectivity index (χ4n) is 1.83. The number of carbonyl (C=O) groups excluding carboxylic acids is 1. The van der Waals surface area contributed by atoms with Gasteiger partial charge in [0.2, 0.25) is 0 Å². The van der Waals surface area contributed by atoms with E-state index < -0.39 is 0 Å². The minimum absolute atomic E-state index is 0.213. The molecule has 0 saturated heterocycles. The van der Waals surface area contributed by atoms with Gasteiger partial charge < -0.3 is 10.1 Å². The van der Waals surface area contributed by atoms with Gasteiger partial charge >= 0.3 is 0 Å². The van der Waals surface area contributed by atoms with Crippen molar-refractivity contribution in [1.82, 2.24) is 0 Å². The zero-order valence-corrected chi connectivity index (χ0v) is 9.04. The van der Waals surface area contributed by atoms with Gasteiger partial charge in [-0.2, -0.15) is 0 Å². The molecular formula is C12H15NO2. The third-order valence-corrected chi connectivity index (χ3v) is 2.73. The number of hydrogen-bond donors (Lipinski definition) is 1. The first-order valence-electron chi connectivity index (χ1n) is 5.18. The molecule has 1 aromatic rings. The van der Waals surface area contributed by atoms with Gasteiger partial charge in [0.15, 0.2) is 5.78 Å². The number of ether oxygens (including phenoxy) is 1. The standard InChI is InChI=1S/C12H15NO2/c1-8-3-6-12(14)10-5-4-9(15-2)7-11(10)13-8/h4-5,7-8,13H,3,6H2,1-2H3. The molecule has 0 radical (unpaired) electrons. The highest BCUT2D eigenvalue weighted by molar-refractivity contribution is 6.02. The second-order valence-corrected chi connectivity index (χ2v) is 3.92. The van der Waals surface area contributed by atoms with E-state index in [4.69, 9.17) is 4.74 Å². The number of anilines is 1. The van der Waals surface area contributed by atoms with Crippen LogP contribution in [0.15, 0.2) is 18.2 Å². The van der Waals surface area contributed by atoms with Crippen molar-refractivity contribution in [2.45, 2.75) is 25.8 Å². The van der Waals surface area contributed by atoms with Crippen molar-refractivity contribution >= 4 is 11.5 Å². The van der Waals surface area contributed by atoms with Crippen LogP contribution in [0.2, 0.25) is 0 Å². The summed E-state index contributed by atoms with van der Waals surface area (Å²) >= 11 is 0. The number of Topliss-reactive ketones (excluding diaryl/α,β-unsaturated/α-hetero) is 1. The Bertz CT molecular complexity index is 387. The molecule has 1 aromatic carbocycles. The third-order valence-electron chi connectivity index (χ3n) is 2.73. The molecule has 2 rings (SSSR count). The molecule has 1 heterocycles. The van der Waals surface area contributed by atoms with Crippen LogP contribution in [0.25, 0.3) is 0 Å². The summed E-state index contributed by atoms with van der Waals surface area (Å²) in [4.78, 5) is 11.8. The van der Waals surface area contributed by atoms with Gasteiger partial charge in [-0.25, -0.2) is 0 Å². The highest BCUT2D eigenvalue weighted by atomic mass is 16.5. The predicted octanol–water partition coefficient (Wildman–Crippen LogP) is 2.47. The van der Waals surface area contributed by atoms with E-state index in [9.17, 15) is 4.79 Å². The molecule has 0 spiro atoms. The monoisotopic (exact) mass is 205 g/mol. The largest absolute Gasteiger partial charge is 0.497 e. The van der Waals surface area contributed by atoms with Crippen molar-refractivity contribution in [2.75, 3.05) is 12.4 Å². The van der Waals surface area contributed by atoms with Crippen molar-refractivity contribution in [3.8, 4) is 5.75 Å². The maximum absolute atomic E-state index is 11.8. The van der Waals surface area contributed by atoms with Gasteiger partial charge in [-0.15, -0.1) is 0 Å². The lowest BCUT2D eigenvalue weighted by Crippen LogP contribution is -2.13. The van der Waals surface area contributed by atoms with Crippen LogP contribution in [0.4, 0.5) is 5.69 Å². The topological polar surface area (TPSA) is 38.3 Å². The quantitative estimate of drug-likeness (QED) is 0.765. The molecule has 1 aliphatic rings. The number of carbonyl (C=O) groups is 1. The van der Waals surface area contributed by atoms with E-state index in [2.05, 4.69) is 12.2 Å². The van der Waals surface area contributed by atoms with E-state index in [0.717, 1.165) is 23.4 Å². The molecule has 1 atom stereocenters. The molecule has 1 N–H and O–H groups in total. The summed E-state index contributed by atoms with van der Waals surface area (Å²) in [5, 5.41) is 3.33. The summed E-state index contributed by atoms with van der Waals surface area (Å²) in [5.41, 5.74) is 1.67. The van der Waals surface area contributed by atoms with Crippen LogP contribution in [0.3, 0.4) is 0 Å². The Balaban J connectivity index is 2.43. The minimum Gasteiger partial charge on any atom is -0.497 e. The van der Waals surface area contributed by atoms with E-state index >= 15 is 0 Å². The van der Waals surface area contributed by atoms with Crippen LogP contribution < -0.4 is 10.1 Å². The zero-order valence-electron chi connectivity index (χ0n) is 9.04. The normalized spacial score (nSPS) is 20.1. The van der Waals surface area contributed by atoms with Crippen LogP contribution in [0.5, 0.6) is 5.75 Å². The van der Waals surface area contributed by atoms with Crippen LogP contribution in [-0.2, 0) is 0 Å². The van der Waals surface area contributed by atoms with Gasteiger partial charge in [0, 0.05) is 29.8 Å². The van der Waals surface area contributed by atoms with Crippen LogP contribution in [-0.4, -0.2) is 18.9 Å². The molecule has 0 aliphatic carbocycles. The van der Waals surface area contributed by atoms with E-state index in [1.807, 2.05) is 18.2 Å². The highest BCUT2D eigenvalue weighted by Gasteiger charge is 2.18. The van der Waals surface area contributed by atoms with Gasteiger partial charge in [-0.05, 0) is 25.5 Å². The fraction of sp³-hybridized carbons (Fsp3) is 0.417. The Morgan fingerprint density at radius 2 is 2.27 bits per heavy atom. The van der Waals surface area contributed by atoms with Crippen molar-refractivity contribution in [3.63, 3.8) is 0 Å². The summed E-state index contributed by atoms with van der Waals surface area (Å²) in [7, 11) is 1.63. The van der Waals surface area contributed by atoms with Gasteiger partial charge in [0.05, 0.1) is 7.11 Å². The second kappa shape index (κ2) is 3.93. The third kappa shape index (κ3) is 1.96. The average Bonchev–Trinajstić information content (AvgIpc) is 2.38. The van der Waals surface area contributed by atoms with E-state index in [0.29, 0.717) is 12.5 Å². The Kier molecular flexibility index (Phi) is 2.62. The molecule has 0 aromatic heterocycles. The molecule has 1 aliphatic heterocycles. The van der Waals surface area contributed by atoms with Crippen molar-refractivity contribution in [2.24, 2.45) is 0 Å². The van der Waals surface area contributed by atoms with E-state index in [1.165, 1.54) is 0 Å². The Morgan fingerprint density at radius 1 is 1.47 bits per heavy atom. The van der Waals surface area contributed by atoms with E-state index in [-0.39, 0.29) is 5.78 Å². The van der Waals surface area contributed by atoms with Crippen molar-refractivity contribution in [3.05, 3.63) is 23.8 Å². The maximum atomic E-state index is 11.8. The number of benzene rings is 1. The number of rotatable bonds is 1. The molecular weight excluding hydrogens is 190 g/mol. The smallest absolute Gasteiger partial charge is 0.165 e. The molecule has 3 nitrogen and oxygen atoms in total. The molecule has 0 bridgehead atoms. The summed E-state index contributed by atoms with van der Waals surface area (Å²) in [6, 6.07) is 5.88. The van der Waals surface area contributed by atoms with Crippen LogP contribution in [0.1, 0.15) is 30.1 Å². The number of ketones is 1. The van der Waals surface area contributed by atoms with Gasteiger partial charge in [-0.3, -0.25) is 4.79 Å². The minimum atomic E-state index is 0.213. The number of fused-ring (bicyclic) bond motifs is 1. The Labute approximate surface area is 89.4 Å². The number of methoxy groups -OCH3 is 1. The Hall–Kier alpha value is -1.51. The maximum Gasteiger partial charge on any atom is 0.165 e. The van der Waals surface area contributed by atoms with E-state index in [1.54, 1.807) is 7.11 Å². The average molecular weight is 205 g/mol. The van der Waals surface area contributed by atoms with Gasteiger partial charge in [0.1, 0.15) is 5.75 Å². The van der Waals surface area contributed by atoms with Crippen molar-refractivity contribution in [1.29, 1.82) is 0 Å². The lowest BCUT2D eigenvalue weighted by molar-refractivity contribution is 0.0982. The van der Waals surface area contributed by atoms with Crippen LogP contribution >= 0.6 is 0 Å². The number of hydrogen-bond acceptors (Lipinski definition) is 3. The molecule has 1 unspecified atom stereocenters. The fourth-order valence-corrected chi connectivity index (χ4v) is 1.83. The SMILES string of the molecule is COc1ccc2c(c1)NC(C)CCC2=O. The molecule has 15 heavy (non-hydrogen) atoms. The van der Waals surface area contributed by atoms with Gasteiger partial charge in [-0.1, -0.05) is 0 Å². The first kappa shape index (κ1) is 10.0. The second-order valence-electron chi connectivity index (χ2n) is 3.92. The summed E-state index contributed by atoms with van der Waals surface area (Å²) in [5.74, 6) is 0.993. The van der Waals surface area contributed by atoms with Crippen LogP contribution in [0, 0.1) is 0 Å². The molecule has 0 amide bonds. The Morgan fingerprint density at radius 3 is 3.00 bits per heavy atom. The first-order chi connectivity index (χ1) is 7.20. The lowest BCUT2D eigenvalue weighted by Gasteiger charge is -2.13. The highest BCUT2D eigenvalue weighted by Crippen LogP contribution is 2.27.